The molecule has 92 valence electrons. The van der Waals surface area contributed by atoms with Crippen LogP contribution in [0, 0.1) is 12.3 Å². The zero-order chi connectivity index (χ0) is 12.4. The van der Waals surface area contributed by atoms with E-state index in [4.69, 9.17) is 11.1 Å². The molecule has 4 nitrogen and oxygen atoms in total. The molecule has 0 aliphatic heterocycles. The Bertz CT molecular complexity index is 429. The van der Waals surface area contributed by atoms with Crippen molar-refractivity contribution < 1.29 is 0 Å². The molecule has 1 aromatic rings. The fraction of sp³-hybridized carbons (Fsp3) is 0.500. The van der Waals surface area contributed by atoms with Gasteiger partial charge in [-0.1, -0.05) is 0 Å². The third kappa shape index (κ3) is 3.19. The quantitative estimate of drug-likeness (QED) is 0.648. The van der Waals surface area contributed by atoms with E-state index < -0.39 is 0 Å². The fourth-order valence-electron chi connectivity index (χ4n) is 1.92. The second-order valence-corrected chi connectivity index (χ2v) is 5.41. The average Bonchev–Trinajstić information content (AvgIpc) is 3.04. The summed E-state index contributed by atoms with van der Waals surface area (Å²) in [7, 11) is 0. The van der Waals surface area contributed by atoms with Crippen molar-refractivity contribution in [2.45, 2.75) is 32.2 Å². The lowest BCUT2D eigenvalue weighted by atomic mass is 10.2. The number of rotatable bonds is 5. The largest absolute Gasteiger partial charge is 0.388 e. The number of nitrogens with zero attached hydrogens (tertiary/aromatic N) is 2. The third-order valence-electron chi connectivity index (χ3n) is 2.90. The van der Waals surface area contributed by atoms with Crippen molar-refractivity contribution in [2.24, 2.45) is 5.73 Å². The predicted octanol–water partition coefficient (Wildman–Crippen LogP) is 2.45. The Morgan fingerprint density at radius 1 is 1.65 bits per heavy atom. The maximum atomic E-state index is 7.32. The van der Waals surface area contributed by atoms with E-state index in [-0.39, 0.29) is 5.84 Å². The van der Waals surface area contributed by atoms with Gasteiger partial charge in [0, 0.05) is 29.7 Å². The smallest absolute Gasteiger partial charge is 0.131 e. The molecule has 1 saturated carbocycles. The van der Waals surface area contributed by atoms with Crippen LogP contribution in [0.5, 0.6) is 0 Å². The van der Waals surface area contributed by atoms with Crippen LogP contribution < -0.4 is 10.6 Å². The number of amidine groups is 1. The SMILES string of the molecule is Cc1cc(Br)cnc1N(CCC(=N)N)C1CC1. The van der Waals surface area contributed by atoms with E-state index in [1.165, 1.54) is 12.8 Å². The molecule has 0 saturated heterocycles. The summed E-state index contributed by atoms with van der Waals surface area (Å²) in [5, 5.41) is 7.32. The van der Waals surface area contributed by atoms with Crippen LogP contribution in [0.1, 0.15) is 24.8 Å². The van der Waals surface area contributed by atoms with E-state index in [9.17, 15) is 0 Å². The van der Waals surface area contributed by atoms with Gasteiger partial charge in [-0.3, -0.25) is 5.41 Å². The molecule has 1 aromatic heterocycles. The van der Waals surface area contributed by atoms with Gasteiger partial charge in [-0.15, -0.1) is 0 Å². The Kier molecular flexibility index (Phi) is 3.66. The summed E-state index contributed by atoms with van der Waals surface area (Å²) in [4.78, 5) is 6.77. The van der Waals surface area contributed by atoms with Crippen molar-refractivity contribution in [3.63, 3.8) is 0 Å². The summed E-state index contributed by atoms with van der Waals surface area (Å²) in [6, 6.07) is 2.66. The first-order valence-electron chi connectivity index (χ1n) is 5.79. The molecule has 3 N–H and O–H groups in total. The van der Waals surface area contributed by atoms with Crippen LogP contribution in [0.4, 0.5) is 5.82 Å². The van der Waals surface area contributed by atoms with Gasteiger partial charge in [-0.2, -0.15) is 0 Å². The molecule has 17 heavy (non-hydrogen) atoms. The van der Waals surface area contributed by atoms with Gasteiger partial charge in [0.25, 0.3) is 0 Å². The Hall–Kier alpha value is -1.10. The highest BCUT2D eigenvalue weighted by atomic mass is 79.9. The van der Waals surface area contributed by atoms with Crippen molar-refractivity contribution in [3.05, 3.63) is 22.3 Å². The molecule has 0 bridgehead atoms. The Morgan fingerprint density at radius 3 is 2.88 bits per heavy atom. The van der Waals surface area contributed by atoms with E-state index in [0.717, 1.165) is 22.4 Å². The number of aromatic nitrogens is 1. The second kappa shape index (κ2) is 5.04. The summed E-state index contributed by atoms with van der Waals surface area (Å²) >= 11 is 3.43. The van der Waals surface area contributed by atoms with Gasteiger partial charge in [0.05, 0.1) is 5.84 Å². The van der Waals surface area contributed by atoms with E-state index >= 15 is 0 Å². The summed E-state index contributed by atoms with van der Waals surface area (Å²) in [5.41, 5.74) is 6.59. The molecule has 1 aliphatic rings. The number of halogens is 1. The molecular weight excluding hydrogens is 280 g/mol. The van der Waals surface area contributed by atoms with Crippen molar-refractivity contribution >= 4 is 27.6 Å². The minimum atomic E-state index is 0.241. The molecule has 2 rings (SSSR count). The lowest BCUT2D eigenvalue weighted by Gasteiger charge is -2.25. The predicted molar refractivity (Wildman–Crippen MR) is 73.6 cm³/mol. The fourth-order valence-corrected chi connectivity index (χ4v) is 2.37. The van der Waals surface area contributed by atoms with Crippen LogP contribution in [0.25, 0.3) is 0 Å². The van der Waals surface area contributed by atoms with Crippen molar-refractivity contribution in [1.82, 2.24) is 4.98 Å². The zero-order valence-electron chi connectivity index (χ0n) is 9.91. The Balaban J connectivity index is 2.17. The van der Waals surface area contributed by atoms with Gasteiger partial charge < -0.3 is 10.6 Å². The lowest BCUT2D eigenvalue weighted by molar-refractivity contribution is 0.777. The summed E-state index contributed by atoms with van der Waals surface area (Å²) in [5.74, 6) is 1.27. The van der Waals surface area contributed by atoms with Crippen molar-refractivity contribution in [2.75, 3.05) is 11.4 Å². The molecule has 1 fully saturated rings. The van der Waals surface area contributed by atoms with Crippen LogP contribution in [0.15, 0.2) is 16.7 Å². The van der Waals surface area contributed by atoms with E-state index in [0.29, 0.717) is 12.5 Å². The number of nitrogens with two attached hydrogens (primary N) is 1. The number of pyridine rings is 1. The minimum absolute atomic E-state index is 0.241. The van der Waals surface area contributed by atoms with Crippen molar-refractivity contribution in [1.29, 1.82) is 5.41 Å². The third-order valence-corrected chi connectivity index (χ3v) is 3.33. The summed E-state index contributed by atoms with van der Waals surface area (Å²) in [6.45, 7) is 2.85. The number of anilines is 1. The van der Waals surface area contributed by atoms with Gasteiger partial charge in [-0.05, 0) is 47.3 Å². The molecule has 5 heteroatoms. The van der Waals surface area contributed by atoms with Crippen LogP contribution in [-0.4, -0.2) is 23.4 Å². The Labute approximate surface area is 110 Å². The number of aryl methyl sites for hydroxylation is 1. The molecule has 0 unspecified atom stereocenters. The van der Waals surface area contributed by atoms with E-state index in [1.807, 2.05) is 6.20 Å². The van der Waals surface area contributed by atoms with Crippen LogP contribution >= 0.6 is 15.9 Å². The monoisotopic (exact) mass is 296 g/mol. The first kappa shape index (κ1) is 12.4. The maximum absolute atomic E-state index is 7.32. The lowest BCUT2D eigenvalue weighted by Crippen LogP contribution is -2.31. The molecule has 0 amide bonds. The van der Waals surface area contributed by atoms with Crippen molar-refractivity contribution in [3.8, 4) is 0 Å². The molecule has 1 heterocycles. The Morgan fingerprint density at radius 2 is 2.35 bits per heavy atom. The maximum Gasteiger partial charge on any atom is 0.131 e. The molecule has 0 radical (unpaired) electrons. The zero-order valence-corrected chi connectivity index (χ0v) is 11.5. The van der Waals surface area contributed by atoms with Crippen LogP contribution in [0.3, 0.4) is 0 Å². The molecule has 1 aliphatic carbocycles. The van der Waals surface area contributed by atoms with Gasteiger partial charge in [0.15, 0.2) is 0 Å². The summed E-state index contributed by atoms with van der Waals surface area (Å²) < 4.78 is 1.00. The van der Waals surface area contributed by atoms with Crippen LogP contribution in [0.2, 0.25) is 0 Å². The standard InChI is InChI=1S/C12H17BrN4/c1-8-6-9(13)7-16-12(8)17(10-2-3-10)5-4-11(14)15/h6-7,10H,2-5H2,1H3,(H3,14,15). The topological polar surface area (TPSA) is 66.0 Å². The molecule has 0 spiro atoms. The highest BCUT2D eigenvalue weighted by Crippen LogP contribution is 2.32. The number of hydrogen-bond acceptors (Lipinski definition) is 3. The second-order valence-electron chi connectivity index (χ2n) is 4.49. The number of hydrogen-bond donors (Lipinski definition) is 2. The molecule has 0 atom stereocenters. The van der Waals surface area contributed by atoms with E-state index in [2.05, 4.69) is 38.8 Å². The van der Waals surface area contributed by atoms with Gasteiger partial charge in [0.2, 0.25) is 0 Å². The summed E-state index contributed by atoms with van der Waals surface area (Å²) in [6.07, 6.45) is 4.86. The normalized spacial score (nSPS) is 14.7. The molecular formula is C12H17BrN4. The van der Waals surface area contributed by atoms with Crippen LogP contribution in [-0.2, 0) is 0 Å². The van der Waals surface area contributed by atoms with Gasteiger partial charge in [-0.25, -0.2) is 4.98 Å². The van der Waals surface area contributed by atoms with Gasteiger partial charge >= 0.3 is 0 Å². The number of nitrogens with one attached hydrogen (secondary N) is 1. The minimum Gasteiger partial charge on any atom is -0.388 e. The highest BCUT2D eigenvalue weighted by molar-refractivity contribution is 9.10. The molecule has 0 aromatic carbocycles. The average molecular weight is 297 g/mol. The highest BCUT2D eigenvalue weighted by Gasteiger charge is 2.30. The van der Waals surface area contributed by atoms with E-state index in [1.54, 1.807) is 0 Å². The van der Waals surface area contributed by atoms with Gasteiger partial charge in [0.1, 0.15) is 5.82 Å². The first-order chi connectivity index (χ1) is 8.08. The first-order valence-corrected chi connectivity index (χ1v) is 6.59.